The number of hydrogen-bond donors (Lipinski definition) is 3. The Kier molecular flexibility index (Phi) is 7.20. The molecule has 0 spiro atoms. The number of anilines is 1. The van der Waals surface area contributed by atoms with Crippen molar-refractivity contribution in [1.29, 1.82) is 0 Å². The molecule has 35 heavy (non-hydrogen) atoms. The molecule has 2 aromatic heterocycles. The van der Waals surface area contributed by atoms with E-state index in [1.165, 1.54) is 25.4 Å². The Balaban J connectivity index is 1.62. The van der Waals surface area contributed by atoms with Gasteiger partial charge in [-0.05, 0) is 37.3 Å². The van der Waals surface area contributed by atoms with Crippen LogP contribution in [0.2, 0.25) is 0 Å². The Morgan fingerprint density at radius 2 is 1.97 bits per heavy atom. The van der Waals surface area contributed by atoms with Crippen LogP contribution in [0.4, 0.5) is 5.82 Å². The summed E-state index contributed by atoms with van der Waals surface area (Å²) in [4.78, 5) is 50.9. The number of ketones is 1. The van der Waals surface area contributed by atoms with Crippen molar-refractivity contribution in [2.24, 2.45) is 5.92 Å². The van der Waals surface area contributed by atoms with Crippen LogP contribution in [-0.2, 0) is 11.1 Å². The molecule has 3 N–H and O–H groups in total. The largest absolute Gasteiger partial charge is 0.508 e. The smallest absolute Gasteiger partial charge is 0.325 e. The number of aromatic hydroxyl groups is 1. The third kappa shape index (κ3) is 5.87. The van der Waals surface area contributed by atoms with Crippen LogP contribution in [0.5, 0.6) is 11.6 Å². The van der Waals surface area contributed by atoms with Gasteiger partial charge >= 0.3 is 7.60 Å². The van der Waals surface area contributed by atoms with E-state index < -0.39 is 13.2 Å². The van der Waals surface area contributed by atoms with Crippen molar-refractivity contribution in [3.63, 3.8) is 0 Å². The van der Waals surface area contributed by atoms with Gasteiger partial charge in [-0.1, -0.05) is 12.1 Å². The van der Waals surface area contributed by atoms with Crippen LogP contribution in [0.15, 0.2) is 41.3 Å². The Morgan fingerprint density at radius 1 is 1.23 bits per heavy atom. The molecule has 1 aliphatic rings. The normalized spacial score (nSPS) is 14.9. The summed E-state index contributed by atoms with van der Waals surface area (Å²) in [5, 5.41) is 14.7. The van der Waals surface area contributed by atoms with E-state index in [0.29, 0.717) is 54.8 Å². The molecule has 186 valence electrons. The van der Waals surface area contributed by atoms with E-state index in [1.807, 2.05) is 4.90 Å². The zero-order valence-corrected chi connectivity index (χ0v) is 20.1. The molecule has 3 aromatic rings. The van der Waals surface area contributed by atoms with Crippen molar-refractivity contribution in [3.8, 4) is 11.6 Å². The molecule has 12 heteroatoms. The van der Waals surface area contributed by atoms with E-state index in [2.05, 4.69) is 10.1 Å². The summed E-state index contributed by atoms with van der Waals surface area (Å²) in [6.45, 7) is 0.824. The van der Waals surface area contributed by atoms with Crippen LogP contribution in [0.25, 0.3) is 10.8 Å². The van der Waals surface area contributed by atoms with Gasteiger partial charge in [-0.25, -0.2) is 4.68 Å². The third-order valence-electron chi connectivity index (χ3n) is 6.21. The molecular weight excluding hydrogens is 475 g/mol. The van der Waals surface area contributed by atoms with E-state index >= 15 is 0 Å². The summed E-state index contributed by atoms with van der Waals surface area (Å²) in [7, 11) is -2.55. The van der Waals surface area contributed by atoms with Crippen molar-refractivity contribution in [3.05, 3.63) is 52.4 Å². The van der Waals surface area contributed by atoms with Crippen LogP contribution in [-0.4, -0.2) is 61.8 Å². The van der Waals surface area contributed by atoms with E-state index in [0.717, 1.165) is 4.68 Å². The first-order valence-corrected chi connectivity index (χ1v) is 13.0. The summed E-state index contributed by atoms with van der Waals surface area (Å²) in [6.07, 6.45) is 3.21. The highest BCUT2D eigenvalue weighted by Crippen LogP contribution is 2.38. The minimum absolute atomic E-state index is 0.0440. The summed E-state index contributed by atoms with van der Waals surface area (Å²) in [5.74, 6) is 0.514. The Morgan fingerprint density at radius 3 is 2.63 bits per heavy atom. The molecule has 0 bridgehead atoms. The minimum Gasteiger partial charge on any atom is -0.508 e. The molecule has 0 aliphatic carbocycles. The van der Waals surface area contributed by atoms with Gasteiger partial charge in [0, 0.05) is 30.1 Å². The third-order valence-corrected chi connectivity index (χ3v) is 7.05. The number of fused-ring (bicyclic) bond motifs is 1. The lowest BCUT2D eigenvalue weighted by atomic mass is 9.94. The highest BCUT2D eigenvalue weighted by Gasteiger charge is 2.26. The van der Waals surface area contributed by atoms with Crippen LogP contribution < -0.4 is 15.2 Å². The highest BCUT2D eigenvalue weighted by molar-refractivity contribution is 7.51. The fourth-order valence-electron chi connectivity index (χ4n) is 4.30. The number of rotatable bonds is 8. The summed E-state index contributed by atoms with van der Waals surface area (Å²) in [6, 6.07) is 7.52. The maximum atomic E-state index is 13.4. The van der Waals surface area contributed by atoms with Crippen LogP contribution in [0.3, 0.4) is 0 Å². The second-order valence-corrected chi connectivity index (χ2v) is 10.4. The van der Waals surface area contributed by atoms with Crippen molar-refractivity contribution < 1.29 is 29.0 Å². The lowest BCUT2D eigenvalue weighted by molar-refractivity contribution is 0.0965. The number of nitrogens with zero attached hydrogens (tertiary/aromatic N) is 4. The van der Waals surface area contributed by atoms with Gasteiger partial charge < -0.3 is 24.5 Å². The number of pyridine rings is 1. The Labute approximate surface area is 201 Å². The number of methoxy groups -OCH3 is 1. The van der Waals surface area contributed by atoms with E-state index in [-0.39, 0.29) is 35.7 Å². The van der Waals surface area contributed by atoms with Gasteiger partial charge in [0.15, 0.2) is 5.78 Å². The number of Topliss-reactive ketones (excluding diaryl/α,β-unsaturated/α-hetero) is 1. The zero-order valence-electron chi connectivity index (χ0n) is 19.2. The van der Waals surface area contributed by atoms with E-state index in [9.17, 15) is 19.3 Å². The molecule has 0 saturated carbocycles. The number of hydrogen-bond acceptors (Lipinski definition) is 8. The van der Waals surface area contributed by atoms with E-state index in [1.54, 1.807) is 18.2 Å². The second kappa shape index (κ2) is 10.2. The van der Waals surface area contributed by atoms with Gasteiger partial charge in [-0.3, -0.25) is 14.2 Å². The number of ether oxygens (including phenoxy) is 1. The summed E-state index contributed by atoms with van der Waals surface area (Å²) < 4.78 is 17.6. The highest BCUT2D eigenvalue weighted by atomic mass is 31.2. The zero-order chi connectivity index (χ0) is 25.2. The number of aromatic nitrogens is 3. The first-order valence-electron chi connectivity index (χ1n) is 11.2. The van der Waals surface area contributed by atoms with Gasteiger partial charge in [0.25, 0.3) is 5.56 Å². The van der Waals surface area contributed by atoms with Gasteiger partial charge in [0.1, 0.15) is 18.1 Å². The maximum Gasteiger partial charge on any atom is 0.325 e. The van der Waals surface area contributed by atoms with Crippen LogP contribution in [0, 0.1) is 5.92 Å². The lowest BCUT2D eigenvalue weighted by Crippen LogP contribution is -2.36. The molecule has 1 aliphatic heterocycles. The van der Waals surface area contributed by atoms with Crippen LogP contribution >= 0.6 is 7.60 Å². The molecule has 11 nitrogen and oxygen atoms in total. The number of carbonyl (C=O) groups is 1. The number of benzene rings is 1. The SMILES string of the molecule is COc1cc2cnn(CC(=O)c3cccc(O)c3)c(=O)c2c(N2CCC(CCP(=O)(O)O)CC2)n1. The second-order valence-electron chi connectivity index (χ2n) is 8.64. The quantitative estimate of drug-likeness (QED) is 0.308. The van der Waals surface area contributed by atoms with Gasteiger partial charge in [0.05, 0.1) is 24.9 Å². The molecule has 0 unspecified atom stereocenters. The number of piperidine rings is 1. The van der Waals surface area contributed by atoms with Gasteiger partial charge in [0.2, 0.25) is 5.88 Å². The monoisotopic (exact) mass is 502 g/mol. The fraction of sp³-hybridized carbons (Fsp3) is 0.391. The molecule has 1 saturated heterocycles. The summed E-state index contributed by atoms with van der Waals surface area (Å²) in [5.41, 5.74) is -0.200. The number of carbonyl (C=O) groups excluding carboxylic acids is 1. The first-order chi connectivity index (χ1) is 16.6. The Bertz CT molecular complexity index is 1350. The lowest BCUT2D eigenvalue weighted by Gasteiger charge is -2.33. The average Bonchev–Trinajstić information content (AvgIpc) is 2.83. The fourth-order valence-corrected chi connectivity index (χ4v) is 5.00. The molecule has 0 radical (unpaired) electrons. The van der Waals surface area contributed by atoms with E-state index in [4.69, 9.17) is 14.5 Å². The van der Waals surface area contributed by atoms with Gasteiger partial charge in [-0.2, -0.15) is 10.1 Å². The van der Waals surface area contributed by atoms with Crippen molar-refractivity contribution in [1.82, 2.24) is 14.8 Å². The number of phenols is 1. The molecule has 4 rings (SSSR count). The van der Waals surface area contributed by atoms with Crippen LogP contribution in [0.1, 0.15) is 29.6 Å². The maximum absolute atomic E-state index is 13.4. The number of phenolic OH excluding ortho intramolecular Hbond substituents is 1. The van der Waals surface area contributed by atoms with Gasteiger partial charge in [-0.15, -0.1) is 0 Å². The standard InChI is InChI=1S/C23H27N4O7P/c1-34-20-12-17-13-24-27(14-19(29)16-3-2-4-18(28)11-16)23(30)21(17)22(25-20)26-8-5-15(6-9-26)7-10-35(31,32)33/h2-4,11-13,15,28H,5-10,14H2,1H3,(H2,31,32,33). The molecule has 3 heterocycles. The molecule has 0 amide bonds. The minimum atomic E-state index is -4.03. The predicted octanol–water partition coefficient (Wildman–Crippen LogP) is 2.17. The molecule has 1 aromatic carbocycles. The average molecular weight is 502 g/mol. The molecular formula is C23H27N4O7P. The topological polar surface area (TPSA) is 155 Å². The van der Waals surface area contributed by atoms with Crippen molar-refractivity contribution >= 4 is 30.0 Å². The van der Waals surface area contributed by atoms with Crippen molar-refractivity contribution in [2.45, 2.75) is 25.8 Å². The summed E-state index contributed by atoms with van der Waals surface area (Å²) >= 11 is 0. The van der Waals surface area contributed by atoms with Crippen molar-refractivity contribution in [2.75, 3.05) is 31.3 Å². The molecule has 1 fully saturated rings. The first kappa shape index (κ1) is 24.8. The predicted molar refractivity (Wildman–Crippen MR) is 129 cm³/mol. The Hall–Kier alpha value is -3.27. The molecule has 0 atom stereocenters.